The Morgan fingerprint density at radius 1 is 1.00 bits per heavy atom. The van der Waals surface area contributed by atoms with Crippen molar-refractivity contribution in [3.63, 3.8) is 0 Å². The van der Waals surface area contributed by atoms with E-state index in [1.54, 1.807) is 0 Å². The topological polar surface area (TPSA) is 37.7 Å². The van der Waals surface area contributed by atoms with E-state index >= 15 is 0 Å². The Bertz CT molecular complexity index is 978. The standard InChI is InChI=1S/C24H26ClN3O2/c1-2-17-30-21-8-5-19(6-9-21)24(29)28-15-13-27(14-16-28)23-10-7-20(18-22(23)25)26-11-3-4-12-26/h3-12,18H,2,13-17H2,1H3. The van der Waals surface area contributed by atoms with Crippen LogP contribution >= 0.6 is 11.6 Å². The van der Waals surface area contributed by atoms with Crippen LogP contribution < -0.4 is 9.64 Å². The molecule has 2 heterocycles. The molecule has 1 aromatic heterocycles. The molecule has 5 nitrogen and oxygen atoms in total. The molecular weight excluding hydrogens is 398 g/mol. The zero-order valence-electron chi connectivity index (χ0n) is 17.1. The number of hydrogen-bond acceptors (Lipinski definition) is 3. The fourth-order valence-electron chi connectivity index (χ4n) is 3.67. The molecule has 2 aromatic carbocycles. The van der Waals surface area contributed by atoms with Crippen LogP contribution in [0.15, 0.2) is 67.0 Å². The van der Waals surface area contributed by atoms with Gasteiger partial charge in [-0.15, -0.1) is 0 Å². The lowest BCUT2D eigenvalue weighted by Crippen LogP contribution is -2.48. The number of aromatic nitrogens is 1. The van der Waals surface area contributed by atoms with Gasteiger partial charge in [-0.25, -0.2) is 0 Å². The Hall–Kier alpha value is -2.92. The molecule has 30 heavy (non-hydrogen) atoms. The molecule has 0 radical (unpaired) electrons. The number of carbonyl (C=O) groups is 1. The molecule has 0 bridgehead atoms. The van der Waals surface area contributed by atoms with E-state index in [1.165, 1.54) is 0 Å². The molecule has 1 saturated heterocycles. The van der Waals surface area contributed by atoms with Crippen LogP contribution in [0.5, 0.6) is 5.75 Å². The molecule has 1 aliphatic heterocycles. The Balaban J connectivity index is 1.37. The Morgan fingerprint density at radius 3 is 2.33 bits per heavy atom. The minimum absolute atomic E-state index is 0.0609. The van der Waals surface area contributed by atoms with Gasteiger partial charge in [0.15, 0.2) is 0 Å². The third-order valence-corrected chi connectivity index (χ3v) is 5.62. The molecule has 0 saturated carbocycles. The van der Waals surface area contributed by atoms with Gasteiger partial charge in [-0.2, -0.15) is 0 Å². The van der Waals surface area contributed by atoms with Crippen LogP contribution in [0.1, 0.15) is 23.7 Å². The van der Waals surface area contributed by atoms with Gasteiger partial charge in [0.2, 0.25) is 0 Å². The van der Waals surface area contributed by atoms with Crippen molar-refractivity contribution in [1.29, 1.82) is 0 Å². The van der Waals surface area contributed by atoms with Crippen molar-refractivity contribution in [1.82, 2.24) is 9.47 Å². The Labute approximate surface area is 182 Å². The lowest BCUT2D eigenvalue weighted by Gasteiger charge is -2.36. The first-order valence-electron chi connectivity index (χ1n) is 10.4. The summed E-state index contributed by atoms with van der Waals surface area (Å²) in [6, 6.07) is 17.5. The first kappa shape index (κ1) is 20.4. The second kappa shape index (κ2) is 9.26. The molecule has 156 valence electrons. The van der Waals surface area contributed by atoms with Crippen molar-refractivity contribution < 1.29 is 9.53 Å². The molecule has 0 unspecified atom stereocenters. The number of anilines is 1. The van der Waals surface area contributed by atoms with Gasteiger partial charge in [0.25, 0.3) is 5.91 Å². The highest BCUT2D eigenvalue weighted by atomic mass is 35.5. The molecule has 1 amide bonds. The summed E-state index contributed by atoms with van der Waals surface area (Å²) in [5.74, 6) is 0.863. The molecule has 1 aliphatic rings. The van der Waals surface area contributed by atoms with E-state index in [9.17, 15) is 4.79 Å². The summed E-state index contributed by atoms with van der Waals surface area (Å²) in [5.41, 5.74) is 2.74. The summed E-state index contributed by atoms with van der Waals surface area (Å²) in [6.07, 6.45) is 4.96. The molecule has 6 heteroatoms. The second-order valence-corrected chi connectivity index (χ2v) is 7.79. The number of hydrogen-bond donors (Lipinski definition) is 0. The number of piperazine rings is 1. The predicted molar refractivity (Wildman–Crippen MR) is 121 cm³/mol. The maximum atomic E-state index is 12.8. The Morgan fingerprint density at radius 2 is 1.70 bits per heavy atom. The lowest BCUT2D eigenvalue weighted by molar-refractivity contribution is 0.0747. The number of rotatable bonds is 6. The van der Waals surface area contributed by atoms with Crippen molar-refractivity contribution >= 4 is 23.2 Å². The molecular formula is C24H26ClN3O2. The molecule has 1 fully saturated rings. The largest absolute Gasteiger partial charge is 0.494 e. The average Bonchev–Trinajstić information content (AvgIpc) is 3.33. The van der Waals surface area contributed by atoms with Crippen molar-refractivity contribution in [3.05, 3.63) is 77.6 Å². The van der Waals surface area contributed by atoms with Crippen molar-refractivity contribution in [3.8, 4) is 11.4 Å². The first-order valence-corrected chi connectivity index (χ1v) is 10.7. The van der Waals surface area contributed by atoms with Crippen LogP contribution in [-0.2, 0) is 0 Å². The van der Waals surface area contributed by atoms with Gasteiger partial charge >= 0.3 is 0 Å². The van der Waals surface area contributed by atoms with E-state index in [0.717, 1.165) is 41.7 Å². The molecule has 0 atom stereocenters. The van der Waals surface area contributed by atoms with E-state index < -0.39 is 0 Å². The first-order chi connectivity index (χ1) is 14.7. The third kappa shape index (κ3) is 4.46. The SMILES string of the molecule is CCCOc1ccc(C(=O)N2CCN(c3ccc(-n4cccc4)cc3Cl)CC2)cc1. The monoisotopic (exact) mass is 423 g/mol. The summed E-state index contributed by atoms with van der Waals surface area (Å²) in [6.45, 7) is 5.61. The Kier molecular flexibility index (Phi) is 6.29. The van der Waals surface area contributed by atoms with Crippen molar-refractivity contribution in [2.45, 2.75) is 13.3 Å². The predicted octanol–water partition coefficient (Wildman–Crippen LogP) is 4.88. The number of amides is 1. The second-order valence-electron chi connectivity index (χ2n) is 7.38. The van der Waals surface area contributed by atoms with Gasteiger partial charge in [0, 0.05) is 49.8 Å². The van der Waals surface area contributed by atoms with E-state index in [0.29, 0.717) is 25.3 Å². The summed E-state index contributed by atoms with van der Waals surface area (Å²) < 4.78 is 7.63. The van der Waals surface area contributed by atoms with Crippen LogP contribution in [0.4, 0.5) is 5.69 Å². The molecule has 4 rings (SSSR count). The summed E-state index contributed by atoms with van der Waals surface area (Å²) in [5, 5.41) is 0.726. The molecule has 0 spiro atoms. The van der Waals surface area contributed by atoms with Crippen molar-refractivity contribution in [2.75, 3.05) is 37.7 Å². The van der Waals surface area contributed by atoms with Gasteiger partial charge in [-0.3, -0.25) is 4.79 Å². The number of halogens is 1. The quantitative estimate of drug-likeness (QED) is 0.567. The fourth-order valence-corrected chi connectivity index (χ4v) is 3.96. The number of nitrogens with zero attached hydrogens (tertiary/aromatic N) is 3. The molecule has 3 aromatic rings. The zero-order chi connectivity index (χ0) is 20.9. The fraction of sp³-hybridized carbons (Fsp3) is 0.292. The number of ether oxygens (including phenoxy) is 1. The summed E-state index contributed by atoms with van der Waals surface area (Å²) >= 11 is 6.58. The highest BCUT2D eigenvalue weighted by Gasteiger charge is 2.23. The van der Waals surface area contributed by atoms with E-state index in [4.69, 9.17) is 16.3 Å². The highest BCUT2D eigenvalue weighted by molar-refractivity contribution is 6.33. The average molecular weight is 424 g/mol. The van der Waals surface area contributed by atoms with Crippen LogP contribution in [0.3, 0.4) is 0 Å². The van der Waals surface area contributed by atoms with Crippen LogP contribution in [-0.4, -0.2) is 48.2 Å². The number of carbonyl (C=O) groups excluding carboxylic acids is 1. The maximum absolute atomic E-state index is 12.8. The van der Waals surface area contributed by atoms with Gasteiger partial charge in [0.1, 0.15) is 5.75 Å². The third-order valence-electron chi connectivity index (χ3n) is 5.32. The van der Waals surface area contributed by atoms with E-state index in [1.807, 2.05) is 64.3 Å². The van der Waals surface area contributed by atoms with Gasteiger partial charge in [-0.1, -0.05) is 18.5 Å². The van der Waals surface area contributed by atoms with E-state index in [2.05, 4.69) is 24.0 Å². The normalized spacial score (nSPS) is 14.1. The smallest absolute Gasteiger partial charge is 0.253 e. The summed E-state index contributed by atoms with van der Waals surface area (Å²) in [7, 11) is 0. The molecule has 0 N–H and O–H groups in total. The van der Waals surface area contributed by atoms with Gasteiger partial charge in [0.05, 0.1) is 17.3 Å². The maximum Gasteiger partial charge on any atom is 0.253 e. The zero-order valence-corrected chi connectivity index (χ0v) is 17.9. The lowest BCUT2D eigenvalue weighted by atomic mass is 10.1. The van der Waals surface area contributed by atoms with Crippen molar-refractivity contribution in [2.24, 2.45) is 0 Å². The minimum Gasteiger partial charge on any atom is -0.494 e. The van der Waals surface area contributed by atoms with Crippen LogP contribution in [0.25, 0.3) is 5.69 Å². The van der Waals surface area contributed by atoms with E-state index in [-0.39, 0.29) is 5.91 Å². The molecule has 0 aliphatic carbocycles. The highest BCUT2D eigenvalue weighted by Crippen LogP contribution is 2.29. The van der Waals surface area contributed by atoms with Gasteiger partial charge < -0.3 is 19.1 Å². The van der Waals surface area contributed by atoms with Gasteiger partial charge in [-0.05, 0) is 61.0 Å². The minimum atomic E-state index is 0.0609. The summed E-state index contributed by atoms with van der Waals surface area (Å²) in [4.78, 5) is 17.0. The van der Waals surface area contributed by atoms with Crippen LogP contribution in [0.2, 0.25) is 5.02 Å². The van der Waals surface area contributed by atoms with Crippen LogP contribution in [0, 0.1) is 0 Å². The number of benzene rings is 2.